The van der Waals surface area contributed by atoms with Gasteiger partial charge in [-0.2, -0.15) is 0 Å². The molecule has 5 aliphatic carbocycles. The number of anilines is 2. The highest BCUT2D eigenvalue weighted by atomic mass is 16.2. The van der Waals surface area contributed by atoms with Gasteiger partial charge in [0.15, 0.2) is 0 Å². The fourth-order valence-corrected chi connectivity index (χ4v) is 6.13. The normalized spacial score (nSPS) is 34.6. The highest BCUT2D eigenvalue weighted by molar-refractivity contribution is 5.99. The zero-order valence-corrected chi connectivity index (χ0v) is 15.5. The number of hydrogen-bond acceptors (Lipinski definition) is 2. The second kappa shape index (κ2) is 5.83. The van der Waals surface area contributed by atoms with Gasteiger partial charge >= 0.3 is 0 Å². The third-order valence-electron chi connectivity index (χ3n) is 7.31. The fourth-order valence-electron chi connectivity index (χ4n) is 6.13. The van der Waals surface area contributed by atoms with Crippen molar-refractivity contribution in [3.8, 4) is 0 Å². The van der Waals surface area contributed by atoms with Gasteiger partial charge in [-0.15, -0.1) is 0 Å². The molecule has 4 heteroatoms. The van der Waals surface area contributed by atoms with Gasteiger partial charge in [-0.1, -0.05) is 6.07 Å². The summed E-state index contributed by atoms with van der Waals surface area (Å²) in [5, 5.41) is 6.27. The Morgan fingerprint density at radius 1 is 0.923 bits per heavy atom. The van der Waals surface area contributed by atoms with Crippen molar-refractivity contribution < 1.29 is 9.59 Å². The zero-order chi connectivity index (χ0) is 17.9. The maximum absolute atomic E-state index is 13.3. The van der Waals surface area contributed by atoms with Crippen LogP contribution < -0.4 is 10.6 Å². The standard InChI is InChI=1S/C22H28N2O2/c1-13-18(23-20(25)17-5-6-17)3-2-4-19(13)24-21(26)22-10-14-7-15(11-22)9-16(8-14)12-22/h2-4,14-17H,5-12H2,1H3,(H,23,25)(H,24,26). The molecule has 2 N–H and O–H groups in total. The predicted octanol–water partition coefficient (Wildman–Crippen LogP) is 4.50. The van der Waals surface area contributed by atoms with Gasteiger partial charge in [0.1, 0.15) is 0 Å². The van der Waals surface area contributed by atoms with Crippen LogP contribution in [0.4, 0.5) is 11.4 Å². The van der Waals surface area contributed by atoms with Crippen LogP contribution in [0.3, 0.4) is 0 Å². The summed E-state index contributed by atoms with van der Waals surface area (Å²) in [4.78, 5) is 25.4. The molecule has 0 spiro atoms. The molecule has 138 valence electrons. The monoisotopic (exact) mass is 352 g/mol. The smallest absolute Gasteiger partial charge is 0.230 e. The summed E-state index contributed by atoms with van der Waals surface area (Å²) >= 11 is 0. The summed E-state index contributed by atoms with van der Waals surface area (Å²) in [5.41, 5.74) is 2.48. The maximum atomic E-state index is 13.3. The first-order chi connectivity index (χ1) is 12.5. The molecule has 0 aromatic heterocycles. The Labute approximate surface area is 155 Å². The van der Waals surface area contributed by atoms with Crippen LogP contribution in [0.25, 0.3) is 0 Å². The average molecular weight is 352 g/mol. The summed E-state index contributed by atoms with van der Waals surface area (Å²) < 4.78 is 0. The van der Waals surface area contributed by atoms with E-state index in [0.717, 1.165) is 66.8 Å². The second-order valence-electron chi connectivity index (χ2n) is 9.39. The number of carbonyl (C=O) groups is 2. The van der Waals surface area contributed by atoms with Gasteiger partial charge in [-0.05, 0) is 93.7 Å². The fraction of sp³-hybridized carbons (Fsp3) is 0.636. The van der Waals surface area contributed by atoms with Crippen molar-refractivity contribution in [1.29, 1.82) is 0 Å². The molecular formula is C22H28N2O2. The van der Waals surface area contributed by atoms with E-state index in [1.54, 1.807) is 0 Å². The van der Waals surface area contributed by atoms with Gasteiger partial charge in [0.2, 0.25) is 11.8 Å². The lowest BCUT2D eigenvalue weighted by Gasteiger charge is -2.55. The van der Waals surface area contributed by atoms with Crippen LogP contribution in [-0.2, 0) is 9.59 Å². The first kappa shape index (κ1) is 16.3. The Bertz CT molecular complexity index is 730. The van der Waals surface area contributed by atoms with E-state index in [1.807, 2.05) is 25.1 Å². The first-order valence-corrected chi connectivity index (χ1v) is 10.2. The van der Waals surface area contributed by atoms with Crippen molar-refractivity contribution in [1.82, 2.24) is 0 Å². The van der Waals surface area contributed by atoms with Crippen molar-refractivity contribution in [3.05, 3.63) is 23.8 Å². The van der Waals surface area contributed by atoms with Gasteiger partial charge in [0.25, 0.3) is 0 Å². The van der Waals surface area contributed by atoms with Crippen LogP contribution in [0, 0.1) is 36.0 Å². The lowest BCUT2D eigenvalue weighted by atomic mass is 9.49. The molecular weight excluding hydrogens is 324 g/mol. The summed E-state index contributed by atoms with van der Waals surface area (Å²) in [6.07, 6.45) is 9.23. The largest absolute Gasteiger partial charge is 0.326 e. The van der Waals surface area contributed by atoms with Crippen LogP contribution in [0.2, 0.25) is 0 Å². The van der Waals surface area contributed by atoms with E-state index in [0.29, 0.717) is 0 Å². The number of rotatable bonds is 4. The molecule has 0 radical (unpaired) electrons. The minimum Gasteiger partial charge on any atom is -0.326 e. The topological polar surface area (TPSA) is 58.2 Å². The molecule has 0 atom stereocenters. The Balaban J connectivity index is 1.34. The van der Waals surface area contributed by atoms with Crippen molar-refractivity contribution >= 4 is 23.2 Å². The molecule has 0 unspecified atom stereocenters. The van der Waals surface area contributed by atoms with E-state index in [4.69, 9.17) is 0 Å². The van der Waals surface area contributed by atoms with Gasteiger partial charge in [-0.25, -0.2) is 0 Å². The third-order valence-corrected chi connectivity index (χ3v) is 7.31. The number of carbonyl (C=O) groups excluding carboxylic acids is 2. The molecule has 0 aliphatic heterocycles. The maximum Gasteiger partial charge on any atom is 0.230 e. The van der Waals surface area contributed by atoms with E-state index in [9.17, 15) is 9.59 Å². The van der Waals surface area contributed by atoms with Gasteiger partial charge < -0.3 is 10.6 Å². The average Bonchev–Trinajstić information content (AvgIpc) is 3.42. The lowest BCUT2D eigenvalue weighted by Crippen LogP contribution is -2.51. The molecule has 4 nitrogen and oxygen atoms in total. The molecule has 0 heterocycles. The minimum atomic E-state index is -0.144. The summed E-state index contributed by atoms with van der Waals surface area (Å²) in [5.74, 6) is 2.79. The Morgan fingerprint density at radius 3 is 2.00 bits per heavy atom. The van der Waals surface area contributed by atoms with E-state index < -0.39 is 0 Å². The van der Waals surface area contributed by atoms with Gasteiger partial charge in [-0.3, -0.25) is 9.59 Å². The van der Waals surface area contributed by atoms with Crippen molar-refractivity contribution in [2.75, 3.05) is 10.6 Å². The Hall–Kier alpha value is -1.84. The highest BCUT2D eigenvalue weighted by Crippen LogP contribution is 2.60. The molecule has 4 bridgehead atoms. The van der Waals surface area contributed by atoms with Crippen LogP contribution >= 0.6 is 0 Å². The highest BCUT2D eigenvalue weighted by Gasteiger charge is 2.54. The molecule has 1 aromatic carbocycles. The summed E-state index contributed by atoms with van der Waals surface area (Å²) in [7, 11) is 0. The molecule has 2 amide bonds. The van der Waals surface area contributed by atoms with Crippen LogP contribution in [-0.4, -0.2) is 11.8 Å². The molecule has 5 saturated carbocycles. The molecule has 0 saturated heterocycles. The number of hydrogen-bond donors (Lipinski definition) is 2. The molecule has 26 heavy (non-hydrogen) atoms. The zero-order valence-electron chi connectivity index (χ0n) is 15.5. The van der Waals surface area contributed by atoms with E-state index in [-0.39, 0.29) is 23.1 Å². The minimum absolute atomic E-state index is 0.109. The second-order valence-corrected chi connectivity index (χ2v) is 9.39. The quantitative estimate of drug-likeness (QED) is 0.838. The SMILES string of the molecule is Cc1c(NC(=O)C2CC2)cccc1NC(=O)C12CC3CC(CC(C3)C1)C2. The first-order valence-electron chi connectivity index (χ1n) is 10.2. The predicted molar refractivity (Wildman–Crippen MR) is 102 cm³/mol. The van der Waals surface area contributed by atoms with E-state index in [1.165, 1.54) is 19.3 Å². The number of benzene rings is 1. The summed E-state index contributed by atoms with van der Waals surface area (Å²) in [6, 6.07) is 5.81. The van der Waals surface area contributed by atoms with Crippen molar-refractivity contribution in [2.24, 2.45) is 29.1 Å². The van der Waals surface area contributed by atoms with Crippen molar-refractivity contribution in [3.63, 3.8) is 0 Å². The number of amides is 2. The lowest BCUT2D eigenvalue weighted by molar-refractivity contribution is -0.140. The Kier molecular flexibility index (Phi) is 3.67. The van der Waals surface area contributed by atoms with E-state index >= 15 is 0 Å². The number of nitrogens with one attached hydrogen (secondary N) is 2. The molecule has 1 aromatic rings. The molecule has 6 rings (SSSR count). The van der Waals surface area contributed by atoms with Crippen LogP contribution in [0.5, 0.6) is 0 Å². The van der Waals surface area contributed by atoms with Gasteiger partial charge in [0.05, 0.1) is 5.41 Å². The Morgan fingerprint density at radius 2 is 1.46 bits per heavy atom. The van der Waals surface area contributed by atoms with Crippen LogP contribution in [0.1, 0.15) is 56.9 Å². The molecule has 5 fully saturated rings. The van der Waals surface area contributed by atoms with E-state index in [2.05, 4.69) is 10.6 Å². The van der Waals surface area contributed by atoms with Crippen LogP contribution in [0.15, 0.2) is 18.2 Å². The van der Waals surface area contributed by atoms with Crippen molar-refractivity contribution in [2.45, 2.75) is 58.3 Å². The summed E-state index contributed by atoms with van der Waals surface area (Å²) in [6.45, 7) is 1.98. The third kappa shape index (κ3) is 2.74. The molecule has 5 aliphatic rings. The van der Waals surface area contributed by atoms with Gasteiger partial charge in [0, 0.05) is 17.3 Å².